The van der Waals surface area contributed by atoms with Crippen molar-refractivity contribution < 1.29 is 4.79 Å². The van der Waals surface area contributed by atoms with Crippen molar-refractivity contribution in [2.45, 2.75) is 13.5 Å². The number of aryl methyl sites for hydroxylation is 1. The van der Waals surface area contributed by atoms with Crippen LogP contribution in [0, 0.1) is 11.3 Å². The topological polar surface area (TPSA) is 74.9 Å². The summed E-state index contributed by atoms with van der Waals surface area (Å²) in [5, 5.41) is 12.3. The van der Waals surface area contributed by atoms with Crippen LogP contribution in [-0.4, -0.2) is 10.5 Å². The standard InChI is InChI=1S/C19H14ClN3O2/c1-2-23-11-16(18(24)15-9-13(20)5-8-17(15)23)19(25)22-14-6-3-12(10-21)4-7-14/h3-9,11H,2H2,1H3,(H,22,25). The maximum absolute atomic E-state index is 12.7. The lowest BCUT2D eigenvalue weighted by Crippen LogP contribution is -2.23. The summed E-state index contributed by atoms with van der Waals surface area (Å²) in [4.78, 5) is 25.3. The first-order valence-corrected chi connectivity index (χ1v) is 8.05. The van der Waals surface area contributed by atoms with Crippen LogP contribution in [0.15, 0.2) is 53.5 Å². The zero-order valence-corrected chi connectivity index (χ0v) is 14.2. The number of pyridine rings is 1. The van der Waals surface area contributed by atoms with Crippen LogP contribution >= 0.6 is 11.6 Å². The van der Waals surface area contributed by atoms with Crippen molar-refractivity contribution in [3.8, 4) is 6.07 Å². The minimum absolute atomic E-state index is 0.0426. The highest BCUT2D eigenvalue weighted by Crippen LogP contribution is 2.18. The summed E-state index contributed by atoms with van der Waals surface area (Å²) in [6.07, 6.45) is 1.55. The average molecular weight is 352 g/mol. The van der Waals surface area contributed by atoms with Crippen LogP contribution < -0.4 is 10.7 Å². The Morgan fingerprint density at radius 2 is 1.96 bits per heavy atom. The minimum Gasteiger partial charge on any atom is -0.347 e. The van der Waals surface area contributed by atoms with Crippen LogP contribution in [0.5, 0.6) is 0 Å². The summed E-state index contributed by atoms with van der Waals surface area (Å²) in [5.74, 6) is -0.501. The van der Waals surface area contributed by atoms with Gasteiger partial charge >= 0.3 is 0 Å². The van der Waals surface area contributed by atoms with Gasteiger partial charge in [0.25, 0.3) is 5.91 Å². The number of fused-ring (bicyclic) bond motifs is 1. The molecule has 0 radical (unpaired) electrons. The number of aromatic nitrogens is 1. The van der Waals surface area contributed by atoms with E-state index in [2.05, 4.69) is 5.32 Å². The van der Waals surface area contributed by atoms with E-state index in [1.165, 1.54) is 0 Å². The summed E-state index contributed by atoms with van der Waals surface area (Å²) >= 11 is 6.00. The summed E-state index contributed by atoms with van der Waals surface area (Å²) in [6.45, 7) is 2.54. The number of anilines is 1. The molecule has 0 saturated heterocycles. The molecule has 0 aliphatic rings. The van der Waals surface area contributed by atoms with Crippen LogP contribution in [0.25, 0.3) is 10.9 Å². The number of nitriles is 1. The third kappa shape index (κ3) is 3.25. The Hall–Kier alpha value is -3.10. The molecule has 1 amide bonds. The first-order valence-electron chi connectivity index (χ1n) is 7.67. The van der Waals surface area contributed by atoms with E-state index >= 15 is 0 Å². The van der Waals surface area contributed by atoms with E-state index in [4.69, 9.17) is 16.9 Å². The molecule has 3 aromatic rings. The highest BCUT2D eigenvalue weighted by atomic mass is 35.5. The van der Waals surface area contributed by atoms with Crippen molar-refractivity contribution >= 4 is 34.1 Å². The molecule has 5 nitrogen and oxygen atoms in total. The molecule has 0 atom stereocenters. The molecule has 0 unspecified atom stereocenters. The lowest BCUT2D eigenvalue weighted by molar-refractivity contribution is 0.102. The van der Waals surface area contributed by atoms with Gasteiger partial charge in [-0.25, -0.2) is 0 Å². The smallest absolute Gasteiger partial charge is 0.261 e. The van der Waals surface area contributed by atoms with Crippen LogP contribution in [0.4, 0.5) is 5.69 Å². The van der Waals surface area contributed by atoms with Crippen LogP contribution in [0.2, 0.25) is 5.02 Å². The molecule has 1 aromatic heterocycles. The predicted molar refractivity (Wildman–Crippen MR) is 98.0 cm³/mol. The van der Waals surface area contributed by atoms with Crippen molar-refractivity contribution in [3.05, 3.63) is 75.0 Å². The fourth-order valence-corrected chi connectivity index (χ4v) is 2.79. The molecule has 0 aliphatic carbocycles. The van der Waals surface area contributed by atoms with E-state index in [1.54, 1.807) is 48.7 Å². The van der Waals surface area contributed by atoms with Crippen molar-refractivity contribution in [2.24, 2.45) is 0 Å². The Balaban J connectivity index is 2.05. The van der Waals surface area contributed by atoms with Crippen molar-refractivity contribution in [1.82, 2.24) is 4.57 Å². The van der Waals surface area contributed by atoms with E-state index in [0.717, 1.165) is 5.52 Å². The highest BCUT2D eigenvalue weighted by molar-refractivity contribution is 6.31. The molecule has 124 valence electrons. The average Bonchev–Trinajstić information content (AvgIpc) is 2.63. The highest BCUT2D eigenvalue weighted by Gasteiger charge is 2.15. The second-order valence-corrected chi connectivity index (χ2v) is 5.90. The molecule has 0 aliphatic heterocycles. The number of halogens is 1. The van der Waals surface area contributed by atoms with Gasteiger partial charge in [-0.3, -0.25) is 9.59 Å². The van der Waals surface area contributed by atoms with Gasteiger partial charge in [-0.2, -0.15) is 5.26 Å². The Labute approximate surface area is 149 Å². The molecule has 25 heavy (non-hydrogen) atoms. The number of rotatable bonds is 3. The van der Waals surface area contributed by atoms with E-state index < -0.39 is 5.91 Å². The Morgan fingerprint density at radius 3 is 2.60 bits per heavy atom. The van der Waals surface area contributed by atoms with Gasteiger partial charge in [0.2, 0.25) is 5.43 Å². The van der Waals surface area contributed by atoms with Gasteiger partial charge in [-0.1, -0.05) is 11.6 Å². The Morgan fingerprint density at radius 1 is 1.24 bits per heavy atom. The number of amides is 1. The molecular formula is C19H14ClN3O2. The number of nitrogens with one attached hydrogen (secondary N) is 1. The molecule has 1 heterocycles. The largest absolute Gasteiger partial charge is 0.347 e. The number of benzene rings is 2. The number of carbonyl (C=O) groups excluding carboxylic acids is 1. The van der Waals surface area contributed by atoms with E-state index in [9.17, 15) is 9.59 Å². The van der Waals surface area contributed by atoms with Gasteiger partial charge in [-0.15, -0.1) is 0 Å². The second-order valence-electron chi connectivity index (χ2n) is 5.46. The summed E-state index contributed by atoms with van der Waals surface area (Å²) in [7, 11) is 0. The Kier molecular flexibility index (Phi) is 4.55. The lowest BCUT2D eigenvalue weighted by Gasteiger charge is -2.12. The zero-order chi connectivity index (χ0) is 18.0. The molecule has 0 bridgehead atoms. The molecule has 0 saturated carbocycles. The molecule has 3 rings (SSSR count). The Bertz CT molecular complexity index is 1060. The third-order valence-electron chi connectivity index (χ3n) is 3.90. The SMILES string of the molecule is CCn1cc(C(=O)Nc2ccc(C#N)cc2)c(=O)c2cc(Cl)ccc21. The predicted octanol–water partition coefficient (Wildman–Crippen LogP) is 3.80. The van der Waals surface area contributed by atoms with Gasteiger partial charge < -0.3 is 9.88 Å². The molecule has 0 fully saturated rings. The van der Waals surface area contributed by atoms with Gasteiger partial charge in [0.05, 0.1) is 17.1 Å². The van der Waals surface area contributed by atoms with Crippen molar-refractivity contribution in [3.63, 3.8) is 0 Å². The van der Waals surface area contributed by atoms with Crippen LogP contribution in [-0.2, 0) is 6.54 Å². The number of carbonyl (C=O) groups is 1. The number of nitrogens with zero attached hydrogens (tertiary/aromatic N) is 2. The van der Waals surface area contributed by atoms with Gasteiger partial charge in [-0.05, 0) is 49.4 Å². The van der Waals surface area contributed by atoms with Gasteiger partial charge in [0.15, 0.2) is 0 Å². The molecule has 6 heteroatoms. The first kappa shape index (κ1) is 16.7. The van der Waals surface area contributed by atoms with Gasteiger partial charge in [0.1, 0.15) is 5.56 Å². The van der Waals surface area contributed by atoms with Crippen LogP contribution in [0.3, 0.4) is 0 Å². The lowest BCUT2D eigenvalue weighted by atomic mass is 10.1. The molecule has 0 spiro atoms. The normalized spacial score (nSPS) is 10.4. The van der Waals surface area contributed by atoms with E-state index in [-0.39, 0.29) is 11.0 Å². The summed E-state index contributed by atoms with van der Waals surface area (Å²) in [5.41, 5.74) is 1.41. The maximum Gasteiger partial charge on any atom is 0.261 e. The fourth-order valence-electron chi connectivity index (χ4n) is 2.62. The third-order valence-corrected chi connectivity index (χ3v) is 4.13. The van der Waals surface area contributed by atoms with Crippen molar-refractivity contribution in [1.29, 1.82) is 5.26 Å². The van der Waals surface area contributed by atoms with E-state index in [1.807, 2.05) is 17.6 Å². The maximum atomic E-state index is 12.7. The summed E-state index contributed by atoms with van der Waals surface area (Å²) < 4.78 is 1.83. The molecule has 1 N–H and O–H groups in total. The number of hydrogen-bond acceptors (Lipinski definition) is 3. The molecular weight excluding hydrogens is 338 g/mol. The quantitative estimate of drug-likeness (QED) is 0.779. The van der Waals surface area contributed by atoms with Crippen LogP contribution in [0.1, 0.15) is 22.8 Å². The first-order chi connectivity index (χ1) is 12.0. The fraction of sp³-hybridized carbons (Fsp3) is 0.105. The van der Waals surface area contributed by atoms with E-state index in [0.29, 0.717) is 28.2 Å². The van der Waals surface area contributed by atoms with Gasteiger partial charge in [0, 0.05) is 28.8 Å². The number of hydrogen-bond donors (Lipinski definition) is 1. The zero-order valence-electron chi connectivity index (χ0n) is 13.4. The minimum atomic E-state index is -0.501. The summed E-state index contributed by atoms with van der Waals surface area (Å²) in [6, 6.07) is 13.5. The second kappa shape index (κ2) is 6.80. The molecule has 2 aromatic carbocycles. The van der Waals surface area contributed by atoms with Crippen molar-refractivity contribution in [2.75, 3.05) is 5.32 Å². The monoisotopic (exact) mass is 351 g/mol.